The first-order valence-electron chi connectivity index (χ1n) is 8.83. The van der Waals surface area contributed by atoms with Crippen molar-refractivity contribution in [3.8, 4) is 11.3 Å². The predicted octanol–water partition coefficient (Wildman–Crippen LogP) is 3.06. The lowest BCUT2D eigenvalue weighted by atomic mass is 10.1. The van der Waals surface area contributed by atoms with Gasteiger partial charge in [-0.05, 0) is 31.0 Å². The van der Waals surface area contributed by atoms with Gasteiger partial charge in [-0.3, -0.25) is 9.59 Å². The van der Waals surface area contributed by atoms with Gasteiger partial charge in [0.25, 0.3) is 5.91 Å². The van der Waals surface area contributed by atoms with E-state index < -0.39 is 11.9 Å². The monoisotopic (exact) mass is 366 g/mol. The van der Waals surface area contributed by atoms with E-state index in [1.807, 2.05) is 37.3 Å². The van der Waals surface area contributed by atoms with Crippen LogP contribution < -0.4 is 10.6 Å². The van der Waals surface area contributed by atoms with Crippen molar-refractivity contribution in [2.24, 2.45) is 0 Å². The lowest BCUT2D eigenvalue weighted by Gasteiger charge is -2.19. The number of carbonyl (C=O) groups excluding carboxylic acids is 2. The number of hydrogen-bond donors (Lipinski definition) is 3. The van der Waals surface area contributed by atoms with Gasteiger partial charge in [0.15, 0.2) is 5.76 Å². The molecule has 0 unspecified atom stereocenters. The third kappa shape index (κ3) is 4.44. The van der Waals surface area contributed by atoms with Crippen LogP contribution in [0.1, 0.15) is 42.7 Å². The maximum Gasteiger partial charge on any atom is 0.287 e. The van der Waals surface area contributed by atoms with E-state index in [9.17, 15) is 9.59 Å². The number of nitrogens with one attached hydrogen (secondary N) is 3. The number of imidazole rings is 1. The molecule has 7 heteroatoms. The van der Waals surface area contributed by atoms with Crippen LogP contribution in [0.25, 0.3) is 11.3 Å². The summed E-state index contributed by atoms with van der Waals surface area (Å²) in [5, 5.41) is 5.54. The molecule has 2 aromatic heterocycles. The van der Waals surface area contributed by atoms with E-state index in [0.717, 1.165) is 11.3 Å². The third-order valence-electron chi connectivity index (χ3n) is 4.22. The Labute approximate surface area is 157 Å². The van der Waals surface area contributed by atoms with Crippen LogP contribution in [0.5, 0.6) is 0 Å². The van der Waals surface area contributed by atoms with Gasteiger partial charge in [-0.15, -0.1) is 0 Å². The second-order valence-corrected chi connectivity index (χ2v) is 6.19. The van der Waals surface area contributed by atoms with Crippen molar-refractivity contribution in [2.45, 2.75) is 32.4 Å². The zero-order chi connectivity index (χ0) is 19.2. The van der Waals surface area contributed by atoms with Crippen LogP contribution in [-0.2, 0) is 4.79 Å². The average molecular weight is 366 g/mol. The number of H-pyrrole nitrogens is 1. The lowest BCUT2D eigenvalue weighted by Crippen LogP contribution is -2.45. The summed E-state index contributed by atoms with van der Waals surface area (Å²) >= 11 is 0. The normalized spacial score (nSPS) is 13.0. The molecule has 0 bridgehead atoms. The second-order valence-electron chi connectivity index (χ2n) is 6.19. The first-order valence-corrected chi connectivity index (χ1v) is 8.83. The van der Waals surface area contributed by atoms with Gasteiger partial charge in [-0.1, -0.05) is 37.3 Å². The number of nitrogens with zero attached hydrogens (tertiary/aromatic N) is 1. The van der Waals surface area contributed by atoms with Gasteiger partial charge >= 0.3 is 0 Å². The molecule has 0 saturated carbocycles. The maximum absolute atomic E-state index is 12.5. The summed E-state index contributed by atoms with van der Waals surface area (Å²) in [6.45, 7) is 3.59. The van der Waals surface area contributed by atoms with Crippen molar-refractivity contribution < 1.29 is 14.0 Å². The molecule has 0 aliphatic heterocycles. The summed E-state index contributed by atoms with van der Waals surface area (Å²) in [4.78, 5) is 32.1. The fraction of sp³-hybridized carbons (Fsp3) is 0.250. The Hall–Kier alpha value is -3.35. The molecule has 27 heavy (non-hydrogen) atoms. The highest BCUT2D eigenvalue weighted by Gasteiger charge is 2.22. The number of benzene rings is 1. The fourth-order valence-corrected chi connectivity index (χ4v) is 2.68. The largest absolute Gasteiger partial charge is 0.459 e. The zero-order valence-electron chi connectivity index (χ0n) is 15.2. The van der Waals surface area contributed by atoms with Crippen molar-refractivity contribution in [1.29, 1.82) is 0 Å². The minimum Gasteiger partial charge on any atom is -0.459 e. The van der Waals surface area contributed by atoms with E-state index >= 15 is 0 Å². The number of rotatable bonds is 7. The smallest absolute Gasteiger partial charge is 0.287 e. The summed E-state index contributed by atoms with van der Waals surface area (Å²) in [6, 6.07) is 12.0. The quantitative estimate of drug-likeness (QED) is 0.598. The number of aromatic amines is 1. The van der Waals surface area contributed by atoms with E-state index in [4.69, 9.17) is 4.42 Å². The van der Waals surface area contributed by atoms with Gasteiger partial charge in [-0.2, -0.15) is 0 Å². The molecule has 1 aromatic carbocycles. The standard InChI is InChI=1S/C20H22N4O3/c1-3-15(18-21-12-16(23-18)14-8-5-4-6-9-14)24-19(25)13(2)22-20(26)17-10-7-11-27-17/h4-13,15H,3H2,1-2H3,(H,21,23)(H,22,26)(H,24,25)/t13-,15+/m1/s1. The van der Waals surface area contributed by atoms with E-state index in [0.29, 0.717) is 12.2 Å². The van der Waals surface area contributed by atoms with Crippen LogP contribution in [0.3, 0.4) is 0 Å². The van der Waals surface area contributed by atoms with Crippen LogP contribution in [0.4, 0.5) is 0 Å². The van der Waals surface area contributed by atoms with Gasteiger partial charge in [0, 0.05) is 0 Å². The van der Waals surface area contributed by atoms with E-state index in [-0.39, 0.29) is 17.7 Å². The summed E-state index contributed by atoms with van der Waals surface area (Å²) in [5.74, 6) is 0.119. The summed E-state index contributed by atoms with van der Waals surface area (Å²) < 4.78 is 5.03. The Kier molecular flexibility index (Phi) is 5.71. The van der Waals surface area contributed by atoms with Crippen LogP contribution in [-0.4, -0.2) is 27.8 Å². The molecule has 2 amide bonds. The number of amides is 2. The van der Waals surface area contributed by atoms with Crippen molar-refractivity contribution in [3.05, 3.63) is 66.5 Å². The van der Waals surface area contributed by atoms with Crippen LogP contribution >= 0.6 is 0 Å². The second kappa shape index (κ2) is 8.35. The highest BCUT2D eigenvalue weighted by Crippen LogP contribution is 2.20. The molecule has 0 aliphatic rings. The Balaban J connectivity index is 1.63. The molecular weight excluding hydrogens is 344 g/mol. The Bertz CT molecular complexity index is 887. The molecular formula is C20H22N4O3. The molecule has 0 spiro atoms. The molecule has 0 saturated heterocycles. The Morgan fingerprint density at radius 1 is 1.15 bits per heavy atom. The number of aromatic nitrogens is 2. The number of furan rings is 1. The first-order chi connectivity index (χ1) is 13.1. The molecule has 2 atom stereocenters. The summed E-state index contributed by atoms with van der Waals surface area (Å²) in [7, 11) is 0. The summed E-state index contributed by atoms with van der Waals surface area (Å²) in [5.41, 5.74) is 1.91. The minimum atomic E-state index is -0.708. The molecule has 2 heterocycles. The van der Waals surface area contributed by atoms with Gasteiger partial charge in [0.2, 0.25) is 5.91 Å². The molecule has 0 radical (unpaired) electrons. The number of carbonyl (C=O) groups is 2. The predicted molar refractivity (Wildman–Crippen MR) is 101 cm³/mol. The van der Waals surface area contributed by atoms with Crippen LogP contribution in [0.15, 0.2) is 59.3 Å². The van der Waals surface area contributed by atoms with E-state index in [1.165, 1.54) is 6.26 Å². The molecule has 3 rings (SSSR count). The van der Waals surface area contributed by atoms with E-state index in [2.05, 4.69) is 20.6 Å². The fourth-order valence-electron chi connectivity index (χ4n) is 2.68. The first kappa shape index (κ1) is 18.4. The van der Waals surface area contributed by atoms with Gasteiger partial charge < -0.3 is 20.0 Å². The third-order valence-corrected chi connectivity index (χ3v) is 4.22. The molecule has 0 fully saturated rings. The summed E-state index contributed by atoms with van der Waals surface area (Å²) in [6.07, 6.45) is 3.82. The average Bonchev–Trinajstić information content (AvgIpc) is 3.38. The Morgan fingerprint density at radius 2 is 1.93 bits per heavy atom. The van der Waals surface area contributed by atoms with Crippen molar-refractivity contribution in [2.75, 3.05) is 0 Å². The van der Waals surface area contributed by atoms with Crippen LogP contribution in [0, 0.1) is 0 Å². The molecule has 0 aliphatic carbocycles. The minimum absolute atomic E-state index is 0.167. The van der Waals surface area contributed by atoms with Gasteiger partial charge in [0.05, 0.1) is 24.2 Å². The molecule has 140 valence electrons. The SMILES string of the molecule is CC[C@H](NC(=O)[C@@H](C)NC(=O)c1ccco1)c1ncc(-c2ccccc2)[nH]1. The van der Waals surface area contributed by atoms with Crippen molar-refractivity contribution in [3.63, 3.8) is 0 Å². The zero-order valence-corrected chi connectivity index (χ0v) is 15.2. The molecule has 3 aromatic rings. The van der Waals surface area contributed by atoms with Gasteiger partial charge in [0.1, 0.15) is 11.9 Å². The van der Waals surface area contributed by atoms with Crippen molar-refractivity contribution >= 4 is 11.8 Å². The maximum atomic E-state index is 12.5. The number of hydrogen-bond acceptors (Lipinski definition) is 4. The van der Waals surface area contributed by atoms with Crippen LogP contribution in [0.2, 0.25) is 0 Å². The Morgan fingerprint density at radius 3 is 2.59 bits per heavy atom. The lowest BCUT2D eigenvalue weighted by molar-refractivity contribution is -0.123. The molecule has 7 nitrogen and oxygen atoms in total. The van der Waals surface area contributed by atoms with Crippen molar-refractivity contribution in [1.82, 2.24) is 20.6 Å². The highest BCUT2D eigenvalue weighted by molar-refractivity contribution is 5.95. The highest BCUT2D eigenvalue weighted by atomic mass is 16.3. The van der Waals surface area contributed by atoms with Gasteiger partial charge in [-0.25, -0.2) is 4.98 Å². The molecule has 3 N–H and O–H groups in total. The topological polar surface area (TPSA) is 100 Å². The van der Waals surface area contributed by atoms with E-state index in [1.54, 1.807) is 25.3 Å².